The summed E-state index contributed by atoms with van der Waals surface area (Å²) in [5.74, 6) is 0.492. The Balaban J connectivity index is 2.29. The Morgan fingerprint density at radius 1 is 1.26 bits per heavy atom. The number of nitrogens with one attached hydrogen (secondary N) is 1. The topological polar surface area (TPSA) is 51.2 Å². The number of nitrogens with zero attached hydrogens (tertiary/aromatic N) is 1. The van der Waals surface area contributed by atoms with E-state index in [1.165, 1.54) is 0 Å². The van der Waals surface area contributed by atoms with Crippen molar-refractivity contribution in [2.24, 2.45) is 0 Å². The largest absolute Gasteiger partial charge is 0.468 e. The Labute approximate surface area is 111 Å². The molecule has 1 aromatic carbocycles. The molecular weight excluding hydrogens is 240 g/mol. The van der Waals surface area contributed by atoms with Crippen molar-refractivity contribution in [3.05, 3.63) is 35.0 Å². The maximum atomic E-state index is 12.1. The van der Waals surface area contributed by atoms with Gasteiger partial charge in [0, 0.05) is 17.6 Å². The van der Waals surface area contributed by atoms with Gasteiger partial charge in [0.15, 0.2) is 5.72 Å². The number of hydrogen-bond donors (Lipinski definition) is 1. The minimum absolute atomic E-state index is 0.103. The van der Waals surface area contributed by atoms with Crippen molar-refractivity contribution in [2.45, 2.75) is 33.4 Å². The molecule has 1 aliphatic heterocycles. The Kier molecular flexibility index (Phi) is 2.33. The van der Waals surface area contributed by atoms with Crippen LogP contribution in [0.5, 0.6) is 5.75 Å². The van der Waals surface area contributed by atoms with E-state index in [2.05, 4.69) is 10.3 Å². The Morgan fingerprint density at radius 3 is 2.74 bits per heavy atom. The average molecular weight is 256 g/mol. The maximum absolute atomic E-state index is 12.1. The molecule has 0 saturated carbocycles. The van der Waals surface area contributed by atoms with Crippen LogP contribution in [0.1, 0.15) is 35.3 Å². The standard InChI is InChI=1S/C15H16N2O2/c1-8-7-16-12-6-13-11(5-10(12)9(8)2)14(18)17-15(3,4)19-13/h5-7H,1-4H3,(H,17,18). The van der Waals surface area contributed by atoms with Gasteiger partial charge in [-0.15, -0.1) is 0 Å². The van der Waals surface area contributed by atoms with Crippen LogP contribution in [0.15, 0.2) is 18.3 Å². The lowest BCUT2D eigenvalue weighted by Gasteiger charge is -2.33. The van der Waals surface area contributed by atoms with Crippen LogP contribution in [0, 0.1) is 13.8 Å². The number of carbonyl (C=O) groups excluding carboxylic acids is 1. The Bertz CT molecular complexity index is 705. The van der Waals surface area contributed by atoms with Crippen molar-refractivity contribution in [1.82, 2.24) is 10.3 Å². The third kappa shape index (κ3) is 1.84. The summed E-state index contributed by atoms with van der Waals surface area (Å²) in [7, 11) is 0. The number of pyridine rings is 1. The molecule has 2 aromatic rings. The number of ether oxygens (including phenoxy) is 1. The van der Waals surface area contributed by atoms with Gasteiger partial charge in [-0.2, -0.15) is 0 Å². The molecule has 1 N–H and O–H groups in total. The number of hydrogen-bond acceptors (Lipinski definition) is 3. The maximum Gasteiger partial charge on any atom is 0.258 e. The van der Waals surface area contributed by atoms with E-state index in [4.69, 9.17) is 4.74 Å². The van der Waals surface area contributed by atoms with Gasteiger partial charge in [0.25, 0.3) is 5.91 Å². The van der Waals surface area contributed by atoms with Gasteiger partial charge in [0.2, 0.25) is 0 Å². The van der Waals surface area contributed by atoms with E-state index in [0.717, 1.165) is 22.0 Å². The summed E-state index contributed by atoms with van der Waals surface area (Å²) in [5, 5.41) is 3.83. The van der Waals surface area contributed by atoms with E-state index in [1.807, 2.05) is 46.0 Å². The Morgan fingerprint density at radius 2 is 2.00 bits per heavy atom. The smallest absolute Gasteiger partial charge is 0.258 e. The van der Waals surface area contributed by atoms with E-state index in [-0.39, 0.29) is 5.91 Å². The van der Waals surface area contributed by atoms with Crippen LogP contribution in [-0.2, 0) is 0 Å². The van der Waals surface area contributed by atoms with Crippen LogP contribution in [-0.4, -0.2) is 16.6 Å². The molecule has 0 spiro atoms. The lowest BCUT2D eigenvalue weighted by molar-refractivity contribution is 0.0434. The first-order valence-electron chi connectivity index (χ1n) is 6.29. The molecule has 1 aliphatic rings. The number of carbonyl (C=O) groups is 1. The first-order chi connectivity index (χ1) is 8.87. The van der Waals surface area contributed by atoms with Gasteiger partial charge in [-0.25, -0.2) is 0 Å². The van der Waals surface area contributed by atoms with Gasteiger partial charge in [0.05, 0.1) is 11.1 Å². The van der Waals surface area contributed by atoms with E-state index in [9.17, 15) is 4.79 Å². The molecule has 19 heavy (non-hydrogen) atoms. The van der Waals surface area contributed by atoms with Crippen molar-refractivity contribution in [2.75, 3.05) is 0 Å². The molecule has 1 aromatic heterocycles. The molecule has 1 amide bonds. The second-order valence-corrected chi connectivity index (χ2v) is 5.50. The molecule has 0 bridgehead atoms. The molecule has 4 nitrogen and oxygen atoms in total. The number of aromatic nitrogens is 1. The summed E-state index contributed by atoms with van der Waals surface area (Å²) >= 11 is 0. The van der Waals surface area contributed by atoms with Gasteiger partial charge < -0.3 is 10.1 Å². The summed E-state index contributed by atoms with van der Waals surface area (Å²) in [5.41, 5.74) is 3.00. The van der Waals surface area contributed by atoms with Crippen LogP contribution in [0.2, 0.25) is 0 Å². The fourth-order valence-corrected chi connectivity index (χ4v) is 2.35. The number of fused-ring (bicyclic) bond motifs is 2. The molecule has 0 fully saturated rings. The fraction of sp³-hybridized carbons (Fsp3) is 0.333. The monoisotopic (exact) mass is 256 g/mol. The highest BCUT2D eigenvalue weighted by Crippen LogP contribution is 2.32. The van der Waals surface area contributed by atoms with Crippen LogP contribution in [0.3, 0.4) is 0 Å². The molecular formula is C15H16N2O2. The molecule has 2 heterocycles. The van der Waals surface area contributed by atoms with Crippen molar-refractivity contribution >= 4 is 16.8 Å². The third-order valence-corrected chi connectivity index (χ3v) is 3.51. The quantitative estimate of drug-likeness (QED) is 0.788. The number of amides is 1. The molecule has 0 atom stereocenters. The van der Waals surface area contributed by atoms with E-state index >= 15 is 0 Å². The zero-order chi connectivity index (χ0) is 13.8. The Hall–Kier alpha value is -2.10. The van der Waals surface area contributed by atoms with Crippen molar-refractivity contribution in [3.63, 3.8) is 0 Å². The first-order valence-corrected chi connectivity index (χ1v) is 6.29. The lowest BCUT2D eigenvalue weighted by Crippen LogP contribution is -2.51. The molecule has 0 unspecified atom stereocenters. The van der Waals surface area contributed by atoms with E-state index in [0.29, 0.717) is 11.3 Å². The summed E-state index contributed by atoms with van der Waals surface area (Å²) in [6.45, 7) is 7.70. The summed E-state index contributed by atoms with van der Waals surface area (Å²) in [6.07, 6.45) is 1.85. The highest BCUT2D eigenvalue weighted by molar-refractivity contribution is 6.02. The fourth-order valence-electron chi connectivity index (χ4n) is 2.35. The minimum Gasteiger partial charge on any atom is -0.468 e. The first kappa shape index (κ1) is 12.0. The highest BCUT2D eigenvalue weighted by Gasteiger charge is 2.31. The molecule has 98 valence electrons. The van der Waals surface area contributed by atoms with Gasteiger partial charge in [0.1, 0.15) is 5.75 Å². The van der Waals surface area contributed by atoms with Crippen LogP contribution < -0.4 is 10.1 Å². The number of aryl methyl sites for hydroxylation is 2. The number of benzene rings is 1. The SMILES string of the molecule is Cc1cnc2cc3c(cc2c1C)C(=O)NC(C)(C)O3. The summed E-state index contributed by atoms with van der Waals surface area (Å²) in [6, 6.07) is 3.71. The molecule has 3 rings (SSSR count). The average Bonchev–Trinajstić information content (AvgIpc) is 2.31. The van der Waals surface area contributed by atoms with Gasteiger partial charge in [-0.3, -0.25) is 9.78 Å². The second-order valence-electron chi connectivity index (χ2n) is 5.50. The summed E-state index contributed by atoms with van der Waals surface area (Å²) < 4.78 is 5.80. The van der Waals surface area contributed by atoms with E-state index < -0.39 is 5.72 Å². The zero-order valence-electron chi connectivity index (χ0n) is 11.5. The van der Waals surface area contributed by atoms with Gasteiger partial charge in [-0.1, -0.05) is 0 Å². The van der Waals surface area contributed by atoms with Crippen LogP contribution >= 0.6 is 0 Å². The molecule has 4 heteroatoms. The number of rotatable bonds is 0. The predicted octanol–water partition coefficient (Wildman–Crippen LogP) is 2.71. The van der Waals surface area contributed by atoms with Gasteiger partial charge >= 0.3 is 0 Å². The van der Waals surface area contributed by atoms with E-state index in [1.54, 1.807) is 0 Å². The normalized spacial score (nSPS) is 16.7. The van der Waals surface area contributed by atoms with Crippen molar-refractivity contribution in [3.8, 4) is 5.75 Å². The molecule has 0 aliphatic carbocycles. The lowest BCUT2D eigenvalue weighted by atomic mass is 10.0. The van der Waals surface area contributed by atoms with Crippen molar-refractivity contribution < 1.29 is 9.53 Å². The predicted molar refractivity (Wildman–Crippen MR) is 73.4 cm³/mol. The van der Waals surface area contributed by atoms with Gasteiger partial charge in [-0.05, 0) is 44.9 Å². The zero-order valence-corrected chi connectivity index (χ0v) is 11.5. The van der Waals surface area contributed by atoms with Crippen LogP contribution in [0.4, 0.5) is 0 Å². The molecule has 0 radical (unpaired) electrons. The molecule has 0 saturated heterocycles. The highest BCUT2D eigenvalue weighted by atomic mass is 16.5. The van der Waals surface area contributed by atoms with Crippen molar-refractivity contribution in [1.29, 1.82) is 0 Å². The third-order valence-electron chi connectivity index (χ3n) is 3.51. The summed E-state index contributed by atoms with van der Waals surface area (Å²) in [4.78, 5) is 16.5. The van der Waals surface area contributed by atoms with Crippen LogP contribution in [0.25, 0.3) is 10.9 Å². The second kappa shape index (κ2) is 3.70. The minimum atomic E-state index is -0.683.